The van der Waals surface area contributed by atoms with Gasteiger partial charge in [0.2, 0.25) is 0 Å². The molecule has 6 heteroatoms. The molecule has 1 aromatic rings. The van der Waals surface area contributed by atoms with Crippen LogP contribution in [0.2, 0.25) is 5.22 Å². The van der Waals surface area contributed by atoms with E-state index < -0.39 is 5.97 Å². The third-order valence-electron chi connectivity index (χ3n) is 2.83. The van der Waals surface area contributed by atoms with E-state index in [1.165, 1.54) is 12.1 Å². The molecular weight excluding hydrogens is 246 g/mol. The highest BCUT2D eigenvalue weighted by Crippen LogP contribution is 2.30. The number of hydrogen-bond acceptors (Lipinski definition) is 3. The summed E-state index contributed by atoms with van der Waals surface area (Å²) in [6.45, 7) is 0. The van der Waals surface area contributed by atoms with Crippen LogP contribution in [0.4, 0.5) is 0 Å². The minimum absolute atomic E-state index is 0.0377. The molecule has 5 nitrogen and oxygen atoms in total. The second-order valence-corrected chi connectivity index (χ2v) is 4.58. The van der Waals surface area contributed by atoms with Crippen molar-refractivity contribution in [2.24, 2.45) is 5.92 Å². The number of aliphatic carboxylic acids is 1. The molecule has 0 aliphatic heterocycles. The van der Waals surface area contributed by atoms with Gasteiger partial charge in [0, 0.05) is 12.5 Å². The van der Waals surface area contributed by atoms with Crippen LogP contribution >= 0.6 is 11.6 Å². The highest BCUT2D eigenvalue weighted by molar-refractivity contribution is 6.29. The predicted molar refractivity (Wildman–Crippen MR) is 59.9 cm³/mol. The minimum atomic E-state index is -0.794. The van der Waals surface area contributed by atoms with Gasteiger partial charge in [0.15, 0.2) is 11.0 Å². The summed E-state index contributed by atoms with van der Waals surface area (Å²) in [6.07, 6.45) is 1.57. The summed E-state index contributed by atoms with van der Waals surface area (Å²) in [6, 6.07) is 3.05. The molecule has 0 saturated heterocycles. The lowest BCUT2D eigenvalue weighted by Crippen LogP contribution is -2.44. The molecule has 92 valence electrons. The molecule has 1 aliphatic rings. The average molecular weight is 258 g/mol. The maximum Gasteiger partial charge on any atom is 0.303 e. The zero-order chi connectivity index (χ0) is 12.4. The van der Waals surface area contributed by atoms with E-state index in [1.807, 2.05) is 0 Å². The van der Waals surface area contributed by atoms with Gasteiger partial charge in [-0.2, -0.15) is 0 Å². The Balaban J connectivity index is 1.77. The summed E-state index contributed by atoms with van der Waals surface area (Å²) in [5, 5.41) is 11.5. The average Bonchev–Trinajstić information content (AvgIpc) is 2.60. The van der Waals surface area contributed by atoms with Crippen LogP contribution in [0.15, 0.2) is 16.5 Å². The molecule has 1 heterocycles. The molecule has 1 aliphatic carbocycles. The third kappa shape index (κ3) is 3.00. The topological polar surface area (TPSA) is 79.5 Å². The lowest BCUT2D eigenvalue weighted by molar-refractivity contribution is -0.138. The summed E-state index contributed by atoms with van der Waals surface area (Å²) >= 11 is 5.56. The van der Waals surface area contributed by atoms with Crippen molar-refractivity contribution in [2.75, 3.05) is 0 Å². The number of rotatable bonds is 4. The minimum Gasteiger partial charge on any atom is -0.481 e. The van der Waals surface area contributed by atoms with E-state index in [9.17, 15) is 9.59 Å². The van der Waals surface area contributed by atoms with E-state index >= 15 is 0 Å². The first kappa shape index (κ1) is 12.0. The number of carboxylic acid groups (broad SMARTS) is 1. The molecule has 0 bridgehead atoms. The molecule has 0 aromatic carbocycles. The fourth-order valence-electron chi connectivity index (χ4n) is 1.96. The Bertz CT molecular complexity index is 436. The number of carbonyl (C=O) groups is 2. The van der Waals surface area contributed by atoms with Crippen molar-refractivity contribution in [2.45, 2.75) is 25.3 Å². The maximum atomic E-state index is 11.6. The lowest BCUT2D eigenvalue weighted by atomic mass is 9.78. The molecule has 1 amide bonds. The van der Waals surface area contributed by atoms with E-state index in [1.54, 1.807) is 0 Å². The summed E-state index contributed by atoms with van der Waals surface area (Å²) in [5.74, 6) is -0.761. The smallest absolute Gasteiger partial charge is 0.303 e. The molecule has 17 heavy (non-hydrogen) atoms. The van der Waals surface area contributed by atoms with Crippen molar-refractivity contribution in [3.8, 4) is 0 Å². The van der Waals surface area contributed by atoms with Crippen LogP contribution in [0.3, 0.4) is 0 Å². The van der Waals surface area contributed by atoms with Crippen molar-refractivity contribution >= 4 is 23.5 Å². The van der Waals surface area contributed by atoms with Gasteiger partial charge in [-0.3, -0.25) is 9.59 Å². The van der Waals surface area contributed by atoms with Gasteiger partial charge in [0.05, 0.1) is 0 Å². The number of nitrogens with one attached hydrogen (secondary N) is 1. The largest absolute Gasteiger partial charge is 0.481 e. The Labute approximate surface area is 103 Å². The number of amides is 1. The van der Waals surface area contributed by atoms with Gasteiger partial charge in [-0.1, -0.05) is 0 Å². The zero-order valence-electron chi connectivity index (χ0n) is 8.98. The van der Waals surface area contributed by atoms with E-state index in [-0.39, 0.29) is 35.3 Å². The van der Waals surface area contributed by atoms with E-state index in [4.69, 9.17) is 21.1 Å². The first-order valence-corrected chi connectivity index (χ1v) is 5.70. The zero-order valence-corrected chi connectivity index (χ0v) is 9.74. The highest BCUT2D eigenvalue weighted by atomic mass is 35.5. The van der Waals surface area contributed by atoms with Gasteiger partial charge in [-0.05, 0) is 42.5 Å². The quantitative estimate of drug-likeness (QED) is 0.864. The second kappa shape index (κ2) is 4.79. The van der Waals surface area contributed by atoms with Gasteiger partial charge in [0.25, 0.3) is 5.91 Å². The molecular formula is C11H12ClNO4. The Morgan fingerprint density at radius 2 is 2.18 bits per heavy atom. The molecule has 0 unspecified atom stereocenters. The fourth-order valence-corrected chi connectivity index (χ4v) is 2.11. The maximum absolute atomic E-state index is 11.6. The summed E-state index contributed by atoms with van der Waals surface area (Å²) in [4.78, 5) is 22.0. The van der Waals surface area contributed by atoms with Gasteiger partial charge < -0.3 is 14.8 Å². The van der Waals surface area contributed by atoms with Crippen LogP contribution in [0.5, 0.6) is 0 Å². The summed E-state index contributed by atoms with van der Waals surface area (Å²) < 4.78 is 4.97. The first-order chi connectivity index (χ1) is 8.04. The van der Waals surface area contributed by atoms with E-state index in [0.717, 1.165) is 0 Å². The number of hydrogen-bond donors (Lipinski definition) is 2. The number of furan rings is 1. The third-order valence-corrected chi connectivity index (χ3v) is 3.03. The van der Waals surface area contributed by atoms with Crippen LogP contribution < -0.4 is 5.32 Å². The molecule has 0 spiro atoms. The van der Waals surface area contributed by atoms with E-state index in [2.05, 4.69) is 5.32 Å². The molecule has 1 fully saturated rings. The van der Waals surface area contributed by atoms with Crippen molar-refractivity contribution in [1.29, 1.82) is 0 Å². The normalized spacial score (nSPS) is 22.9. The van der Waals surface area contributed by atoms with Gasteiger partial charge in [-0.25, -0.2) is 0 Å². The molecule has 0 radical (unpaired) electrons. The SMILES string of the molecule is O=C(O)CC1CC(NC(=O)c2ccc(Cl)o2)C1. The lowest BCUT2D eigenvalue weighted by Gasteiger charge is -2.34. The second-order valence-electron chi connectivity index (χ2n) is 4.21. The van der Waals surface area contributed by atoms with Crippen LogP contribution in [0.1, 0.15) is 29.8 Å². The van der Waals surface area contributed by atoms with Crippen molar-refractivity contribution in [3.05, 3.63) is 23.1 Å². The number of carboxylic acids is 1. The Morgan fingerprint density at radius 1 is 1.47 bits per heavy atom. The highest BCUT2D eigenvalue weighted by Gasteiger charge is 2.32. The van der Waals surface area contributed by atoms with Crippen molar-refractivity contribution in [1.82, 2.24) is 5.32 Å². The molecule has 1 saturated carbocycles. The van der Waals surface area contributed by atoms with Gasteiger partial charge in [0.1, 0.15) is 0 Å². The summed E-state index contributed by atoms with van der Waals surface area (Å²) in [7, 11) is 0. The van der Waals surface area contributed by atoms with Gasteiger partial charge >= 0.3 is 5.97 Å². The van der Waals surface area contributed by atoms with Crippen LogP contribution in [-0.2, 0) is 4.79 Å². The number of halogens is 1. The van der Waals surface area contributed by atoms with Crippen LogP contribution in [0.25, 0.3) is 0 Å². The molecule has 0 atom stereocenters. The molecule has 2 N–H and O–H groups in total. The molecule has 1 aromatic heterocycles. The fraction of sp³-hybridized carbons (Fsp3) is 0.455. The standard InChI is InChI=1S/C11H12ClNO4/c12-9-2-1-8(17-9)11(16)13-7-3-6(4-7)5-10(14)15/h1-2,6-7H,3-5H2,(H,13,16)(H,14,15). The van der Waals surface area contributed by atoms with Crippen molar-refractivity contribution in [3.63, 3.8) is 0 Å². The Hall–Kier alpha value is -1.49. The summed E-state index contributed by atoms with van der Waals surface area (Å²) in [5.41, 5.74) is 0. The van der Waals surface area contributed by atoms with Crippen molar-refractivity contribution < 1.29 is 19.1 Å². The van der Waals surface area contributed by atoms with Gasteiger partial charge in [-0.15, -0.1) is 0 Å². The molecule has 2 rings (SSSR count). The van der Waals surface area contributed by atoms with Crippen LogP contribution in [0, 0.1) is 5.92 Å². The number of carbonyl (C=O) groups excluding carboxylic acids is 1. The Kier molecular flexibility index (Phi) is 3.38. The van der Waals surface area contributed by atoms with E-state index in [0.29, 0.717) is 12.8 Å². The monoisotopic (exact) mass is 257 g/mol. The Morgan fingerprint density at radius 3 is 2.71 bits per heavy atom. The predicted octanol–water partition coefficient (Wildman–Crippen LogP) is 1.92. The van der Waals surface area contributed by atoms with Crippen LogP contribution in [-0.4, -0.2) is 23.0 Å². The first-order valence-electron chi connectivity index (χ1n) is 5.32.